The zero-order valence-corrected chi connectivity index (χ0v) is 6.42. The SMILES string of the molecule is CC[C@@H](N)c1cc(C)co1. The van der Waals surface area contributed by atoms with Crippen molar-refractivity contribution in [3.8, 4) is 0 Å². The standard InChI is InChI=1S/C8H13NO/c1-3-7(9)8-4-6(2)5-10-8/h4-5,7H,3,9H2,1-2H3/t7-/m1/s1. The minimum absolute atomic E-state index is 0.0636. The minimum atomic E-state index is 0.0636. The molecule has 1 heterocycles. The van der Waals surface area contributed by atoms with Crippen molar-refractivity contribution in [1.82, 2.24) is 0 Å². The molecule has 56 valence electrons. The summed E-state index contributed by atoms with van der Waals surface area (Å²) >= 11 is 0. The van der Waals surface area contributed by atoms with E-state index >= 15 is 0 Å². The smallest absolute Gasteiger partial charge is 0.120 e. The second kappa shape index (κ2) is 2.88. The highest BCUT2D eigenvalue weighted by molar-refractivity contribution is 5.12. The summed E-state index contributed by atoms with van der Waals surface area (Å²) in [6.07, 6.45) is 2.65. The lowest BCUT2D eigenvalue weighted by Crippen LogP contribution is -2.06. The van der Waals surface area contributed by atoms with Gasteiger partial charge in [-0.1, -0.05) is 6.92 Å². The van der Waals surface area contributed by atoms with E-state index in [1.165, 1.54) is 0 Å². The van der Waals surface area contributed by atoms with Gasteiger partial charge in [-0.3, -0.25) is 0 Å². The van der Waals surface area contributed by atoms with Gasteiger partial charge in [0.15, 0.2) is 0 Å². The van der Waals surface area contributed by atoms with Crippen molar-refractivity contribution in [2.75, 3.05) is 0 Å². The first-order valence-electron chi connectivity index (χ1n) is 3.54. The van der Waals surface area contributed by atoms with Gasteiger partial charge in [-0.2, -0.15) is 0 Å². The van der Waals surface area contributed by atoms with Gasteiger partial charge in [0.05, 0.1) is 12.3 Å². The predicted octanol–water partition coefficient (Wildman–Crippen LogP) is 2.00. The largest absolute Gasteiger partial charge is 0.467 e. The van der Waals surface area contributed by atoms with E-state index in [4.69, 9.17) is 10.2 Å². The highest BCUT2D eigenvalue weighted by Crippen LogP contribution is 2.15. The molecule has 1 aromatic rings. The van der Waals surface area contributed by atoms with Crippen LogP contribution in [0.15, 0.2) is 16.7 Å². The third kappa shape index (κ3) is 1.39. The van der Waals surface area contributed by atoms with E-state index in [0.717, 1.165) is 17.7 Å². The lowest BCUT2D eigenvalue weighted by molar-refractivity contribution is 0.460. The summed E-state index contributed by atoms with van der Waals surface area (Å²) in [5.74, 6) is 0.889. The Morgan fingerprint density at radius 1 is 1.70 bits per heavy atom. The zero-order chi connectivity index (χ0) is 7.56. The lowest BCUT2D eigenvalue weighted by Gasteiger charge is -2.01. The average molecular weight is 139 g/mol. The Kier molecular flexibility index (Phi) is 2.12. The van der Waals surface area contributed by atoms with E-state index in [1.54, 1.807) is 6.26 Å². The molecule has 0 aliphatic heterocycles. The Balaban J connectivity index is 2.74. The molecule has 2 heteroatoms. The molecular weight excluding hydrogens is 126 g/mol. The Bertz CT molecular complexity index is 205. The van der Waals surface area contributed by atoms with E-state index in [1.807, 2.05) is 19.9 Å². The second-order valence-electron chi connectivity index (χ2n) is 2.54. The van der Waals surface area contributed by atoms with Crippen LogP contribution < -0.4 is 5.73 Å². The second-order valence-corrected chi connectivity index (χ2v) is 2.54. The molecule has 0 saturated heterocycles. The van der Waals surface area contributed by atoms with Gasteiger partial charge >= 0.3 is 0 Å². The van der Waals surface area contributed by atoms with Crippen LogP contribution in [-0.2, 0) is 0 Å². The highest BCUT2D eigenvalue weighted by Gasteiger charge is 2.05. The van der Waals surface area contributed by atoms with E-state index in [2.05, 4.69) is 0 Å². The van der Waals surface area contributed by atoms with E-state index < -0.39 is 0 Å². The summed E-state index contributed by atoms with van der Waals surface area (Å²) in [4.78, 5) is 0. The molecule has 1 atom stereocenters. The van der Waals surface area contributed by atoms with Gasteiger partial charge in [-0.25, -0.2) is 0 Å². The predicted molar refractivity (Wildman–Crippen MR) is 40.7 cm³/mol. The number of rotatable bonds is 2. The van der Waals surface area contributed by atoms with Gasteiger partial charge in [0, 0.05) is 0 Å². The van der Waals surface area contributed by atoms with Crippen LogP contribution in [0.1, 0.15) is 30.7 Å². The van der Waals surface area contributed by atoms with Crippen LogP contribution in [0.3, 0.4) is 0 Å². The summed E-state index contributed by atoms with van der Waals surface area (Å²) in [7, 11) is 0. The van der Waals surface area contributed by atoms with Crippen molar-refractivity contribution >= 4 is 0 Å². The van der Waals surface area contributed by atoms with Crippen LogP contribution in [0.5, 0.6) is 0 Å². The molecule has 0 amide bonds. The Labute approximate surface area is 61.0 Å². The monoisotopic (exact) mass is 139 g/mol. The lowest BCUT2D eigenvalue weighted by atomic mass is 10.2. The van der Waals surface area contributed by atoms with Crippen LogP contribution in [0, 0.1) is 6.92 Å². The topological polar surface area (TPSA) is 39.2 Å². The van der Waals surface area contributed by atoms with Gasteiger partial charge in [0.25, 0.3) is 0 Å². The van der Waals surface area contributed by atoms with Crippen molar-refractivity contribution in [1.29, 1.82) is 0 Å². The highest BCUT2D eigenvalue weighted by atomic mass is 16.3. The van der Waals surface area contributed by atoms with Gasteiger partial charge in [0.1, 0.15) is 5.76 Å². The molecule has 0 aliphatic carbocycles. The van der Waals surface area contributed by atoms with Crippen molar-refractivity contribution in [2.24, 2.45) is 5.73 Å². The normalized spacial score (nSPS) is 13.5. The fourth-order valence-electron chi connectivity index (χ4n) is 0.849. The van der Waals surface area contributed by atoms with Gasteiger partial charge in [-0.15, -0.1) is 0 Å². The summed E-state index contributed by atoms with van der Waals surface area (Å²) in [6.45, 7) is 4.04. The van der Waals surface area contributed by atoms with Gasteiger partial charge < -0.3 is 10.2 Å². The maximum absolute atomic E-state index is 5.71. The molecule has 1 aromatic heterocycles. The first-order chi connectivity index (χ1) is 4.74. The summed E-state index contributed by atoms with van der Waals surface area (Å²) in [5.41, 5.74) is 6.85. The van der Waals surface area contributed by atoms with Crippen LogP contribution in [0.2, 0.25) is 0 Å². The quantitative estimate of drug-likeness (QED) is 0.680. The van der Waals surface area contributed by atoms with E-state index in [9.17, 15) is 0 Å². The first-order valence-corrected chi connectivity index (χ1v) is 3.54. The third-order valence-corrected chi connectivity index (χ3v) is 1.56. The van der Waals surface area contributed by atoms with Crippen LogP contribution in [0.25, 0.3) is 0 Å². The number of hydrogen-bond donors (Lipinski definition) is 1. The van der Waals surface area contributed by atoms with Crippen LogP contribution >= 0.6 is 0 Å². The molecule has 0 aliphatic rings. The zero-order valence-electron chi connectivity index (χ0n) is 6.42. The molecule has 10 heavy (non-hydrogen) atoms. The molecule has 1 rings (SSSR count). The fraction of sp³-hybridized carbons (Fsp3) is 0.500. The van der Waals surface area contributed by atoms with Crippen LogP contribution in [0.4, 0.5) is 0 Å². The van der Waals surface area contributed by atoms with E-state index in [0.29, 0.717) is 0 Å². The Morgan fingerprint density at radius 2 is 2.40 bits per heavy atom. The molecule has 0 spiro atoms. The summed E-state index contributed by atoms with van der Waals surface area (Å²) in [5, 5.41) is 0. The maximum Gasteiger partial charge on any atom is 0.120 e. The maximum atomic E-state index is 5.71. The Hall–Kier alpha value is -0.760. The fourth-order valence-corrected chi connectivity index (χ4v) is 0.849. The molecule has 2 N–H and O–H groups in total. The van der Waals surface area contributed by atoms with Crippen LogP contribution in [-0.4, -0.2) is 0 Å². The number of aryl methyl sites for hydroxylation is 1. The molecule has 0 radical (unpaired) electrons. The first kappa shape index (κ1) is 7.35. The minimum Gasteiger partial charge on any atom is -0.467 e. The molecule has 0 bridgehead atoms. The van der Waals surface area contributed by atoms with E-state index in [-0.39, 0.29) is 6.04 Å². The number of hydrogen-bond acceptors (Lipinski definition) is 2. The molecule has 0 fully saturated rings. The Morgan fingerprint density at radius 3 is 2.80 bits per heavy atom. The molecule has 2 nitrogen and oxygen atoms in total. The summed E-state index contributed by atoms with van der Waals surface area (Å²) < 4.78 is 5.19. The van der Waals surface area contributed by atoms with Gasteiger partial charge in [-0.05, 0) is 25.0 Å². The molecule has 0 aromatic carbocycles. The molecule has 0 unspecified atom stereocenters. The van der Waals surface area contributed by atoms with Gasteiger partial charge in [0.2, 0.25) is 0 Å². The molecule has 0 saturated carbocycles. The van der Waals surface area contributed by atoms with Crippen molar-refractivity contribution in [2.45, 2.75) is 26.3 Å². The van der Waals surface area contributed by atoms with Crippen molar-refractivity contribution < 1.29 is 4.42 Å². The van der Waals surface area contributed by atoms with Crippen molar-refractivity contribution in [3.63, 3.8) is 0 Å². The average Bonchev–Trinajstić information content (AvgIpc) is 2.34. The van der Waals surface area contributed by atoms with Crippen molar-refractivity contribution in [3.05, 3.63) is 23.7 Å². The number of furan rings is 1. The third-order valence-electron chi connectivity index (χ3n) is 1.56. The number of nitrogens with two attached hydrogens (primary N) is 1. The summed E-state index contributed by atoms with van der Waals surface area (Å²) in [6, 6.07) is 2.04. The molecular formula is C8H13NO.